The second kappa shape index (κ2) is 8.69. The molecule has 0 spiro atoms. The number of fused-ring (bicyclic) bond motifs is 1. The molecule has 0 saturated heterocycles. The van der Waals surface area contributed by atoms with Gasteiger partial charge >= 0.3 is 6.03 Å². The van der Waals surface area contributed by atoms with Crippen molar-refractivity contribution in [2.75, 3.05) is 26.2 Å². The normalized spacial score (nSPS) is 15.8. The van der Waals surface area contributed by atoms with E-state index in [4.69, 9.17) is 0 Å². The SMILES string of the molecule is CCN(CC)[C@@H](CNC(=O)N1CCc2sccc2C1)CC(C)C. The molecule has 0 bridgehead atoms. The van der Waals surface area contributed by atoms with Crippen LogP contribution >= 0.6 is 11.3 Å². The molecule has 5 heteroatoms. The lowest BCUT2D eigenvalue weighted by molar-refractivity contribution is 0.168. The van der Waals surface area contributed by atoms with Gasteiger partial charge in [0.1, 0.15) is 0 Å². The van der Waals surface area contributed by atoms with Crippen molar-refractivity contribution in [2.45, 2.75) is 53.1 Å². The smallest absolute Gasteiger partial charge is 0.317 e. The van der Waals surface area contributed by atoms with E-state index in [-0.39, 0.29) is 6.03 Å². The summed E-state index contributed by atoms with van der Waals surface area (Å²) in [6.45, 7) is 13.3. The maximum Gasteiger partial charge on any atom is 0.317 e. The highest BCUT2D eigenvalue weighted by Crippen LogP contribution is 2.23. The molecule has 0 saturated carbocycles. The first-order valence-electron chi connectivity index (χ1n) is 8.87. The summed E-state index contributed by atoms with van der Waals surface area (Å²) in [7, 11) is 0. The summed E-state index contributed by atoms with van der Waals surface area (Å²) in [6, 6.07) is 2.66. The second-order valence-electron chi connectivity index (χ2n) is 6.73. The Bertz CT molecular complexity index is 496. The van der Waals surface area contributed by atoms with Crippen LogP contribution in [0.4, 0.5) is 4.79 Å². The van der Waals surface area contributed by atoms with E-state index in [2.05, 4.69) is 49.4 Å². The van der Waals surface area contributed by atoms with Gasteiger partial charge in [0.2, 0.25) is 0 Å². The van der Waals surface area contributed by atoms with Gasteiger partial charge in [0.15, 0.2) is 0 Å². The van der Waals surface area contributed by atoms with Gasteiger partial charge in [0.05, 0.1) is 0 Å². The van der Waals surface area contributed by atoms with E-state index in [0.29, 0.717) is 12.0 Å². The molecule has 1 aliphatic heterocycles. The minimum absolute atomic E-state index is 0.0859. The number of carbonyl (C=O) groups excluding carboxylic acids is 1. The Labute approximate surface area is 144 Å². The van der Waals surface area contributed by atoms with Crippen LogP contribution < -0.4 is 5.32 Å². The number of amides is 2. The third-order valence-electron chi connectivity index (χ3n) is 4.66. The largest absolute Gasteiger partial charge is 0.336 e. The van der Waals surface area contributed by atoms with E-state index in [1.807, 2.05) is 16.2 Å². The Kier molecular flexibility index (Phi) is 6.90. The summed E-state index contributed by atoms with van der Waals surface area (Å²) in [6.07, 6.45) is 2.11. The summed E-state index contributed by atoms with van der Waals surface area (Å²) >= 11 is 1.81. The fourth-order valence-corrected chi connectivity index (χ4v) is 4.27. The summed E-state index contributed by atoms with van der Waals surface area (Å²) in [5.41, 5.74) is 1.32. The first-order chi connectivity index (χ1) is 11.0. The van der Waals surface area contributed by atoms with Crippen LogP contribution in [0, 0.1) is 5.92 Å². The molecule has 130 valence electrons. The molecule has 0 aromatic carbocycles. The highest BCUT2D eigenvalue weighted by molar-refractivity contribution is 7.10. The van der Waals surface area contributed by atoms with E-state index < -0.39 is 0 Å². The summed E-state index contributed by atoms with van der Waals surface area (Å²) < 4.78 is 0. The average molecular weight is 338 g/mol. The monoisotopic (exact) mass is 337 g/mol. The molecular weight excluding hydrogens is 306 g/mol. The fraction of sp³-hybridized carbons (Fsp3) is 0.722. The highest BCUT2D eigenvalue weighted by Gasteiger charge is 2.23. The molecule has 4 nitrogen and oxygen atoms in total. The minimum atomic E-state index is 0.0859. The lowest BCUT2D eigenvalue weighted by atomic mass is 10.0. The average Bonchev–Trinajstić information content (AvgIpc) is 3.00. The molecule has 1 aromatic heterocycles. The number of rotatable bonds is 7. The number of carbonyl (C=O) groups is 1. The van der Waals surface area contributed by atoms with Crippen molar-refractivity contribution in [3.63, 3.8) is 0 Å². The topological polar surface area (TPSA) is 35.6 Å². The van der Waals surface area contributed by atoms with Crippen LogP contribution in [0.5, 0.6) is 0 Å². The molecule has 23 heavy (non-hydrogen) atoms. The van der Waals surface area contributed by atoms with Crippen molar-refractivity contribution in [1.82, 2.24) is 15.1 Å². The molecule has 1 aromatic rings. The molecule has 1 N–H and O–H groups in total. The maximum atomic E-state index is 12.5. The first-order valence-corrected chi connectivity index (χ1v) is 9.75. The van der Waals surface area contributed by atoms with Crippen LogP contribution in [0.15, 0.2) is 11.4 Å². The van der Waals surface area contributed by atoms with Gasteiger partial charge < -0.3 is 10.2 Å². The molecule has 0 aliphatic carbocycles. The third-order valence-corrected chi connectivity index (χ3v) is 5.68. The first kappa shape index (κ1) is 18.3. The minimum Gasteiger partial charge on any atom is -0.336 e. The predicted octanol–water partition coefficient (Wildman–Crippen LogP) is 3.57. The quantitative estimate of drug-likeness (QED) is 0.825. The van der Waals surface area contributed by atoms with Gasteiger partial charge in [-0.15, -0.1) is 11.3 Å². The molecule has 2 amide bonds. The van der Waals surface area contributed by atoms with Gasteiger partial charge in [0.25, 0.3) is 0 Å². The van der Waals surface area contributed by atoms with E-state index in [9.17, 15) is 4.79 Å². The van der Waals surface area contributed by atoms with E-state index >= 15 is 0 Å². The molecule has 0 unspecified atom stereocenters. The number of urea groups is 1. The van der Waals surface area contributed by atoms with Gasteiger partial charge in [-0.2, -0.15) is 0 Å². The number of likely N-dealkylation sites (N-methyl/N-ethyl adjacent to an activating group) is 1. The molecule has 0 radical (unpaired) electrons. The second-order valence-corrected chi connectivity index (χ2v) is 7.73. The number of hydrogen-bond donors (Lipinski definition) is 1. The summed E-state index contributed by atoms with van der Waals surface area (Å²) in [5, 5.41) is 5.31. The number of thiophene rings is 1. The molecule has 0 fully saturated rings. The Morgan fingerprint density at radius 3 is 2.78 bits per heavy atom. The van der Waals surface area contributed by atoms with Crippen molar-refractivity contribution < 1.29 is 4.79 Å². The van der Waals surface area contributed by atoms with Gasteiger partial charge in [-0.1, -0.05) is 27.7 Å². The van der Waals surface area contributed by atoms with Crippen LogP contribution in [-0.2, 0) is 13.0 Å². The van der Waals surface area contributed by atoms with Crippen LogP contribution in [-0.4, -0.2) is 48.1 Å². The van der Waals surface area contributed by atoms with E-state index in [0.717, 1.165) is 45.6 Å². The van der Waals surface area contributed by atoms with E-state index in [1.54, 1.807) is 0 Å². The highest BCUT2D eigenvalue weighted by atomic mass is 32.1. The predicted molar refractivity (Wildman–Crippen MR) is 98.0 cm³/mol. The van der Waals surface area contributed by atoms with Crippen molar-refractivity contribution in [3.8, 4) is 0 Å². The van der Waals surface area contributed by atoms with Crippen molar-refractivity contribution in [1.29, 1.82) is 0 Å². The Morgan fingerprint density at radius 1 is 1.39 bits per heavy atom. The Morgan fingerprint density at radius 2 is 2.13 bits per heavy atom. The van der Waals surface area contributed by atoms with Crippen molar-refractivity contribution in [2.24, 2.45) is 5.92 Å². The van der Waals surface area contributed by atoms with Crippen LogP contribution in [0.1, 0.15) is 44.6 Å². The van der Waals surface area contributed by atoms with E-state index in [1.165, 1.54) is 10.4 Å². The lowest BCUT2D eigenvalue weighted by Crippen LogP contribution is -2.49. The van der Waals surface area contributed by atoms with Gasteiger partial charge in [-0.25, -0.2) is 4.79 Å². The zero-order valence-electron chi connectivity index (χ0n) is 15.0. The molecule has 1 aliphatic rings. The number of nitrogens with zero attached hydrogens (tertiary/aromatic N) is 2. The molecule has 1 atom stereocenters. The number of hydrogen-bond acceptors (Lipinski definition) is 3. The van der Waals surface area contributed by atoms with Gasteiger partial charge in [-0.3, -0.25) is 4.90 Å². The van der Waals surface area contributed by atoms with Gasteiger partial charge in [-0.05, 0) is 48.9 Å². The number of nitrogens with one attached hydrogen (secondary N) is 1. The maximum absolute atomic E-state index is 12.5. The third kappa shape index (κ3) is 4.95. The van der Waals surface area contributed by atoms with Crippen molar-refractivity contribution in [3.05, 3.63) is 21.9 Å². The summed E-state index contributed by atoms with van der Waals surface area (Å²) in [5.74, 6) is 0.640. The van der Waals surface area contributed by atoms with Gasteiger partial charge in [0, 0.05) is 30.6 Å². The molecule has 2 rings (SSSR count). The lowest BCUT2D eigenvalue weighted by Gasteiger charge is -2.33. The summed E-state index contributed by atoms with van der Waals surface area (Å²) in [4.78, 5) is 18.4. The standard InChI is InChI=1S/C18H31N3OS/c1-5-20(6-2)16(11-14(3)4)12-19-18(22)21-9-7-17-15(13-21)8-10-23-17/h8,10,14,16H,5-7,9,11-13H2,1-4H3,(H,19,22)/t16-/m1/s1. The van der Waals surface area contributed by atoms with Crippen LogP contribution in [0.3, 0.4) is 0 Å². The Balaban J connectivity index is 1.88. The molecule has 2 heterocycles. The Hall–Kier alpha value is -1.07. The zero-order chi connectivity index (χ0) is 16.8. The fourth-order valence-electron chi connectivity index (χ4n) is 3.38. The molecular formula is C18H31N3OS. The van der Waals surface area contributed by atoms with Crippen LogP contribution in [0.25, 0.3) is 0 Å². The zero-order valence-corrected chi connectivity index (χ0v) is 15.8. The van der Waals surface area contributed by atoms with Crippen molar-refractivity contribution >= 4 is 17.4 Å². The van der Waals surface area contributed by atoms with Crippen LogP contribution in [0.2, 0.25) is 0 Å².